The van der Waals surface area contributed by atoms with Gasteiger partial charge in [0.2, 0.25) is 11.8 Å². The third-order valence-electron chi connectivity index (χ3n) is 7.53. The highest BCUT2D eigenvalue weighted by Crippen LogP contribution is 2.52. The lowest BCUT2D eigenvalue weighted by atomic mass is 9.76. The molecule has 2 amide bonds. The molecule has 1 aliphatic heterocycles. The number of hydroxylamine groups is 1. The summed E-state index contributed by atoms with van der Waals surface area (Å²) in [6, 6.07) is 21.7. The van der Waals surface area contributed by atoms with Gasteiger partial charge in [0.1, 0.15) is 0 Å². The van der Waals surface area contributed by atoms with Crippen LogP contribution in [0.1, 0.15) is 35.2 Å². The van der Waals surface area contributed by atoms with E-state index >= 15 is 0 Å². The average molecular weight is 516 g/mol. The van der Waals surface area contributed by atoms with E-state index in [9.17, 15) is 23.2 Å². The van der Waals surface area contributed by atoms with Crippen molar-refractivity contribution in [2.75, 3.05) is 12.1 Å². The first-order valence-electron chi connectivity index (χ1n) is 12.0. The maximum atomic E-state index is 14.2. The number of likely N-dealkylation sites (N-methyl/N-ethyl adjacent to an activating group) is 1. The number of amides is 2. The van der Waals surface area contributed by atoms with Crippen LogP contribution in [-0.2, 0) is 19.6 Å². The van der Waals surface area contributed by atoms with Crippen LogP contribution in [0.5, 0.6) is 0 Å². The van der Waals surface area contributed by atoms with E-state index in [2.05, 4.69) is 0 Å². The number of imide groups is 1. The van der Waals surface area contributed by atoms with Crippen molar-refractivity contribution in [1.29, 1.82) is 0 Å². The van der Waals surface area contributed by atoms with Crippen molar-refractivity contribution in [3.05, 3.63) is 95.7 Å². The smallest absolute Gasteiger partial charge is 0.268 e. The summed E-state index contributed by atoms with van der Waals surface area (Å²) in [5.74, 6) is -2.59. The molecule has 1 fully saturated rings. The second-order valence-electron chi connectivity index (χ2n) is 9.65. The van der Waals surface area contributed by atoms with Gasteiger partial charge in [0.15, 0.2) is 0 Å². The molecule has 9 heteroatoms. The summed E-state index contributed by atoms with van der Waals surface area (Å²) in [5.41, 5.74) is 2.58. The van der Waals surface area contributed by atoms with Crippen molar-refractivity contribution in [3.63, 3.8) is 0 Å². The number of aromatic nitrogens is 1. The second-order valence-corrected chi connectivity index (χ2v) is 11.4. The fourth-order valence-electron chi connectivity index (χ4n) is 5.74. The first-order chi connectivity index (χ1) is 17.7. The molecule has 1 N–H and O–H groups in total. The Morgan fingerprint density at radius 1 is 0.892 bits per heavy atom. The van der Waals surface area contributed by atoms with Gasteiger partial charge >= 0.3 is 0 Å². The van der Waals surface area contributed by atoms with Gasteiger partial charge in [-0.15, -0.1) is 0 Å². The van der Waals surface area contributed by atoms with E-state index in [1.165, 1.54) is 11.0 Å². The van der Waals surface area contributed by atoms with Crippen LogP contribution in [0.25, 0.3) is 10.9 Å². The molecular formula is C28H25N3O5S. The Bertz CT molecular complexity index is 1660. The number of hydrogen-bond donors (Lipinski definition) is 1. The van der Waals surface area contributed by atoms with E-state index in [1.807, 2.05) is 13.0 Å². The highest BCUT2D eigenvalue weighted by Gasteiger charge is 2.55. The predicted molar refractivity (Wildman–Crippen MR) is 138 cm³/mol. The molecule has 0 saturated carbocycles. The molecule has 188 valence electrons. The number of hydrogen-bond acceptors (Lipinski definition) is 6. The predicted octanol–water partition coefficient (Wildman–Crippen LogP) is 4.23. The average Bonchev–Trinajstić information content (AvgIpc) is 3.37. The third kappa shape index (κ3) is 3.34. The zero-order chi connectivity index (χ0) is 26.1. The standard InChI is InChI=1S/C28H25N3O5S/c1-17-12-14-19(15-13-17)37(35,36)31-22-11-7-6-10-20(22)24-23(30(34)18-8-4-3-5-9-18)16-21-25(26(24)31)28(33)29(2)27(21)32/h3-15,21,23,25,34H,16H2,1-2H3/t21-,23-,25-/m0/s1. The molecular weight excluding hydrogens is 490 g/mol. The van der Waals surface area contributed by atoms with Gasteiger partial charge < -0.3 is 0 Å². The molecule has 1 aliphatic carbocycles. The molecule has 6 rings (SSSR count). The Morgan fingerprint density at radius 3 is 2.24 bits per heavy atom. The SMILES string of the molecule is Cc1ccc(S(=O)(=O)n2c3c(c4ccccc42)[C@@H](N(O)c2ccccc2)C[C@@H]2C(=O)N(C)C(=O)[C@H]32)cc1. The molecule has 0 radical (unpaired) electrons. The van der Waals surface area contributed by atoms with Crippen LogP contribution < -0.4 is 5.06 Å². The molecule has 0 unspecified atom stereocenters. The molecule has 1 saturated heterocycles. The number of carbonyl (C=O) groups excluding carboxylic acids is 2. The number of carbonyl (C=O) groups is 2. The monoisotopic (exact) mass is 515 g/mol. The zero-order valence-electron chi connectivity index (χ0n) is 20.3. The van der Waals surface area contributed by atoms with Gasteiger partial charge in [-0.2, -0.15) is 0 Å². The summed E-state index contributed by atoms with van der Waals surface area (Å²) in [7, 11) is -2.73. The number of fused-ring (bicyclic) bond motifs is 5. The first kappa shape index (κ1) is 23.4. The summed E-state index contributed by atoms with van der Waals surface area (Å²) >= 11 is 0. The van der Waals surface area contributed by atoms with Gasteiger partial charge in [0.05, 0.1) is 39.7 Å². The van der Waals surface area contributed by atoms with Crippen molar-refractivity contribution in [1.82, 2.24) is 8.87 Å². The summed E-state index contributed by atoms with van der Waals surface area (Å²) in [4.78, 5) is 27.8. The molecule has 3 aromatic carbocycles. The van der Waals surface area contributed by atoms with Crippen LogP contribution in [0.15, 0.2) is 83.8 Å². The van der Waals surface area contributed by atoms with E-state index in [1.54, 1.807) is 72.8 Å². The number of rotatable bonds is 4. The van der Waals surface area contributed by atoms with E-state index in [0.29, 0.717) is 22.2 Å². The molecule has 4 aromatic rings. The Hall–Kier alpha value is -3.95. The highest BCUT2D eigenvalue weighted by molar-refractivity contribution is 7.90. The van der Waals surface area contributed by atoms with Gasteiger partial charge in [-0.1, -0.05) is 54.1 Å². The number of aryl methyl sites for hydroxylation is 1. The fourth-order valence-corrected chi connectivity index (χ4v) is 7.32. The van der Waals surface area contributed by atoms with Crippen molar-refractivity contribution in [2.45, 2.75) is 30.2 Å². The molecule has 1 aromatic heterocycles. The lowest BCUT2D eigenvalue weighted by molar-refractivity contribution is -0.137. The minimum atomic E-state index is -4.16. The zero-order valence-corrected chi connectivity index (χ0v) is 21.1. The van der Waals surface area contributed by atoms with E-state index in [-0.39, 0.29) is 22.9 Å². The number of para-hydroxylation sites is 2. The molecule has 8 nitrogen and oxygen atoms in total. The summed E-state index contributed by atoms with van der Waals surface area (Å²) in [6.45, 7) is 1.87. The fraction of sp³-hybridized carbons (Fsp3) is 0.214. The van der Waals surface area contributed by atoms with Gasteiger partial charge in [0.25, 0.3) is 10.0 Å². The summed E-state index contributed by atoms with van der Waals surface area (Å²) < 4.78 is 29.6. The van der Waals surface area contributed by atoms with Gasteiger partial charge in [-0.05, 0) is 43.7 Å². The molecule has 2 heterocycles. The van der Waals surface area contributed by atoms with Gasteiger partial charge in [0, 0.05) is 18.0 Å². The minimum Gasteiger partial charge on any atom is -0.288 e. The van der Waals surface area contributed by atoms with Crippen LogP contribution >= 0.6 is 0 Å². The molecule has 3 atom stereocenters. The largest absolute Gasteiger partial charge is 0.288 e. The van der Waals surface area contributed by atoms with Crippen molar-refractivity contribution in [2.24, 2.45) is 5.92 Å². The van der Waals surface area contributed by atoms with Gasteiger partial charge in [-0.25, -0.2) is 17.5 Å². The van der Waals surface area contributed by atoms with Crippen molar-refractivity contribution < 1.29 is 23.2 Å². The third-order valence-corrected chi connectivity index (χ3v) is 9.28. The number of likely N-dealkylation sites (tertiary alicyclic amines) is 1. The van der Waals surface area contributed by atoms with E-state index < -0.39 is 33.8 Å². The Kier molecular flexibility index (Phi) is 5.25. The second kappa shape index (κ2) is 8.29. The summed E-state index contributed by atoms with van der Waals surface area (Å²) in [5, 5.41) is 13.1. The maximum absolute atomic E-state index is 14.2. The normalized spacial score (nSPS) is 21.3. The molecule has 37 heavy (non-hydrogen) atoms. The van der Waals surface area contributed by atoms with E-state index in [0.717, 1.165) is 15.5 Å². The minimum absolute atomic E-state index is 0.0781. The molecule has 0 bridgehead atoms. The van der Waals surface area contributed by atoms with Crippen LogP contribution in [-0.4, -0.2) is 41.4 Å². The lowest BCUT2D eigenvalue weighted by Gasteiger charge is -2.35. The van der Waals surface area contributed by atoms with Crippen molar-refractivity contribution in [3.8, 4) is 0 Å². The maximum Gasteiger partial charge on any atom is 0.268 e. The Morgan fingerprint density at radius 2 is 1.54 bits per heavy atom. The quantitative estimate of drug-likeness (QED) is 0.323. The number of benzene rings is 3. The number of nitrogens with zero attached hydrogens (tertiary/aromatic N) is 3. The van der Waals surface area contributed by atoms with Crippen LogP contribution in [0, 0.1) is 12.8 Å². The van der Waals surface area contributed by atoms with Gasteiger partial charge in [-0.3, -0.25) is 19.7 Å². The van der Waals surface area contributed by atoms with Crippen LogP contribution in [0.4, 0.5) is 5.69 Å². The van der Waals surface area contributed by atoms with Crippen LogP contribution in [0.2, 0.25) is 0 Å². The Balaban J connectivity index is 1.69. The van der Waals surface area contributed by atoms with E-state index in [4.69, 9.17) is 0 Å². The molecule has 0 spiro atoms. The Labute approximate surface area is 214 Å². The molecule has 2 aliphatic rings. The lowest BCUT2D eigenvalue weighted by Crippen LogP contribution is -2.36. The first-order valence-corrected chi connectivity index (χ1v) is 13.5. The summed E-state index contributed by atoms with van der Waals surface area (Å²) in [6.07, 6.45) is 0.163. The van der Waals surface area contributed by atoms with Crippen molar-refractivity contribution >= 4 is 38.4 Å². The van der Waals surface area contributed by atoms with Crippen LogP contribution in [0.3, 0.4) is 0 Å². The topological polar surface area (TPSA) is 99.9 Å². The highest BCUT2D eigenvalue weighted by atomic mass is 32.2. The number of anilines is 1.